The highest BCUT2D eigenvalue weighted by molar-refractivity contribution is 5.70. The molecule has 0 amide bonds. The number of hydrogen-bond acceptors (Lipinski definition) is 5. The largest absolute Gasteiger partial charge is 0.369 e. The molecule has 0 radical (unpaired) electrons. The molecule has 2 aromatic heterocycles. The second-order valence-electron chi connectivity index (χ2n) is 3.56. The van der Waals surface area contributed by atoms with Crippen LogP contribution >= 0.6 is 0 Å². The van der Waals surface area contributed by atoms with E-state index in [4.69, 9.17) is 5.73 Å². The third-order valence-electron chi connectivity index (χ3n) is 1.93. The van der Waals surface area contributed by atoms with Crippen molar-refractivity contribution in [2.24, 2.45) is 0 Å². The van der Waals surface area contributed by atoms with Crippen molar-refractivity contribution in [1.82, 2.24) is 24.4 Å². The molecule has 0 saturated carbocycles. The molecule has 0 fully saturated rings. The highest BCUT2D eigenvalue weighted by Gasteiger charge is 2.08. The van der Waals surface area contributed by atoms with E-state index in [-0.39, 0.29) is 11.5 Å². The molecule has 80 valence electrons. The third-order valence-corrected chi connectivity index (χ3v) is 1.93. The quantitative estimate of drug-likeness (QED) is 0.675. The summed E-state index contributed by atoms with van der Waals surface area (Å²) in [7, 11) is 3.84. The molecule has 7 nitrogen and oxygen atoms in total. The normalized spacial score (nSPS) is 11.4. The summed E-state index contributed by atoms with van der Waals surface area (Å²) in [5.74, 6) is 0.105. The standard InChI is InChI=1S/C8H12N6O/c1-13(2)4-14-3-10-5-6(14)11-8(9)12-7(5)15/h3H,4H2,1-2H3,(H3,9,11,12,15). The average molecular weight is 208 g/mol. The van der Waals surface area contributed by atoms with Crippen LogP contribution in [0.1, 0.15) is 0 Å². The molecule has 0 bridgehead atoms. The smallest absolute Gasteiger partial charge is 0.280 e. The van der Waals surface area contributed by atoms with Crippen molar-refractivity contribution in [1.29, 1.82) is 0 Å². The summed E-state index contributed by atoms with van der Waals surface area (Å²) in [5, 5.41) is 0. The van der Waals surface area contributed by atoms with Gasteiger partial charge in [-0.3, -0.25) is 14.7 Å². The van der Waals surface area contributed by atoms with E-state index in [0.29, 0.717) is 17.8 Å². The lowest BCUT2D eigenvalue weighted by Gasteiger charge is -2.10. The van der Waals surface area contributed by atoms with E-state index in [1.165, 1.54) is 0 Å². The summed E-state index contributed by atoms with van der Waals surface area (Å²) in [6.45, 7) is 0.604. The number of nitrogen functional groups attached to an aromatic ring is 1. The first-order chi connectivity index (χ1) is 7.08. The van der Waals surface area contributed by atoms with Crippen LogP contribution in [0.15, 0.2) is 11.1 Å². The molecule has 0 aromatic carbocycles. The maximum absolute atomic E-state index is 11.4. The molecule has 7 heteroatoms. The zero-order valence-electron chi connectivity index (χ0n) is 8.56. The third kappa shape index (κ3) is 1.68. The molecule has 15 heavy (non-hydrogen) atoms. The monoisotopic (exact) mass is 208 g/mol. The summed E-state index contributed by atoms with van der Waals surface area (Å²) >= 11 is 0. The number of aromatic amines is 1. The second kappa shape index (κ2) is 3.35. The van der Waals surface area contributed by atoms with Gasteiger partial charge >= 0.3 is 0 Å². The molecule has 2 heterocycles. The topological polar surface area (TPSA) is 92.8 Å². The van der Waals surface area contributed by atoms with Gasteiger partial charge in [0.25, 0.3) is 5.56 Å². The Bertz CT molecular complexity index is 540. The fourth-order valence-corrected chi connectivity index (χ4v) is 1.38. The van der Waals surface area contributed by atoms with Crippen LogP contribution in [0.2, 0.25) is 0 Å². The zero-order chi connectivity index (χ0) is 11.0. The molecule has 2 rings (SSSR count). The molecule has 0 aliphatic carbocycles. The van der Waals surface area contributed by atoms with E-state index in [0.717, 1.165) is 0 Å². The first kappa shape index (κ1) is 9.66. The van der Waals surface area contributed by atoms with Gasteiger partial charge in [0.1, 0.15) is 0 Å². The lowest BCUT2D eigenvalue weighted by atomic mass is 10.5. The molecule has 0 unspecified atom stereocenters. The minimum absolute atomic E-state index is 0.105. The minimum Gasteiger partial charge on any atom is -0.369 e. The molecular formula is C8H12N6O. The number of nitrogens with two attached hydrogens (primary N) is 1. The van der Waals surface area contributed by atoms with Gasteiger partial charge in [0.05, 0.1) is 13.0 Å². The van der Waals surface area contributed by atoms with E-state index < -0.39 is 0 Å². The number of hydrogen-bond donors (Lipinski definition) is 2. The van der Waals surface area contributed by atoms with Crippen molar-refractivity contribution in [3.8, 4) is 0 Å². The van der Waals surface area contributed by atoms with Gasteiger partial charge in [0, 0.05) is 0 Å². The van der Waals surface area contributed by atoms with E-state index in [2.05, 4.69) is 15.0 Å². The van der Waals surface area contributed by atoms with Crippen molar-refractivity contribution < 1.29 is 0 Å². The van der Waals surface area contributed by atoms with Crippen LogP contribution in [0.4, 0.5) is 5.95 Å². The number of nitrogens with zero attached hydrogens (tertiary/aromatic N) is 4. The van der Waals surface area contributed by atoms with E-state index in [1.54, 1.807) is 10.9 Å². The number of anilines is 1. The number of imidazole rings is 1. The van der Waals surface area contributed by atoms with Crippen LogP contribution in [0, 0.1) is 0 Å². The zero-order valence-corrected chi connectivity index (χ0v) is 8.56. The van der Waals surface area contributed by atoms with Crippen LogP contribution in [0.3, 0.4) is 0 Å². The van der Waals surface area contributed by atoms with Gasteiger partial charge in [-0.1, -0.05) is 0 Å². The van der Waals surface area contributed by atoms with Gasteiger partial charge in [-0.15, -0.1) is 0 Å². The summed E-state index contributed by atoms with van der Waals surface area (Å²) in [6.07, 6.45) is 1.58. The van der Waals surface area contributed by atoms with E-state index in [9.17, 15) is 4.79 Å². The number of H-pyrrole nitrogens is 1. The summed E-state index contributed by atoms with van der Waals surface area (Å²) in [5.41, 5.74) is 5.97. The minimum atomic E-state index is -0.310. The number of aromatic nitrogens is 4. The Kier molecular flexibility index (Phi) is 2.16. The van der Waals surface area contributed by atoms with Crippen LogP contribution < -0.4 is 11.3 Å². The predicted molar refractivity (Wildman–Crippen MR) is 56.2 cm³/mol. The van der Waals surface area contributed by atoms with Gasteiger partial charge in [-0.2, -0.15) is 4.98 Å². The summed E-state index contributed by atoms with van der Waals surface area (Å²) in [4.78, 5) is 23.8. The predicted octanol–water partition coefficient (Wildman–Crippen LogP) is -0.779. The van der Waals surface area contributed by atoms with Crippen molar-refractivity contribution in [2.45, 2.75) is 6.67 Å². The Balaban J connectivity index is 2.63. The molecule has 3 N–H and O–H groups in total. The van der Waals surface area contributed by atoms with Crippen LogP contribution in [-0.4, -0.2) is 38.5 Å². The number of nitrogens with one attached hydrogen (secondary N) is 1. The first-order valence-electron chi connectivity index (χ1n) is 4.43. The van der Waals surface area contributed by atoms with Crippen molar-refractivity contribution in [2.75, 3.05) is 19.8 Å². The number of fused-ring (bicyclic) bond motifs is 1. The Morgan fingerprint density at radius 1 is 1.60 bits per heavy atom. The maximum atomic E-state index is 11.4. The van der Waals surface area contributed by atoms with Crippen LogP contribution in [0.5, 0.6) is 0 Å². The molecular weight excluding hydrogens is 196 g/mol. The van der Waals surface area contributed by atoms with Gasteiger partial charge < -0.3 is 10.3 Å². The fraction of sp³-hybridized carbons (Fsp3) is 0.375. The molecule has 0 spiro atoms. The van der Waals surface area contributed by atoms with Crippen LogP contribution in [0.25, 0.3) is 11.2 Å². The second-order valence-corrected chi connectivity index (χ2v) is 3.56. The van der Waals surface area contributed by atoms with Crippen LogP contribution in [-0.2, 0) is 6.67 Å². The van der Waals surface area contributed by atoms with E-state index in [1.807, 2.05) is 19.0 Å². The Morgan fingerprint density at radius 2 is 2.33 bits per heavy atom. The molecule has 0 aliphatic rings. The lowest BCUT2D eigenvalue weighted by Crippen LogP contribution is -2.18. The average Bonchev–Trinajstić information content (AvgIpc) is 2.48. The Morgan fingerprint density at radius 3 is 3.00 bits per heavy atom. The van der Waals surface area contributed by atoms with Gasteiger partial charge in [0.2, 0.25) is 5.95 Å². The van der Waals surface area contributed by atoms with Gasteiger partial charge in [-0.25, -0.2) is 4.98 Å². The maximum Gasteiger partial charge on any atom is 0.280 e. The molecule has 0 aliphatic heterocycles. The van der Waals surface area contributed by atoms with Crippen molar-refractivity contribution in [3.05, 3.63) is 16.7 Å². The molecule has 0 saturated heterocycles. The summed E-state index contributed by atoms with van der Waals surface area (Å²) < 4.78 is 1.76. The van der Waals surface area contributed by atoms with Crippen molar-refractivity contribution >= 4 is 17.1 Å². The highest BCUT2D eigenvalue weighted by atomic mass is 16.1. The van der Waals surface area contributed by atoms with Gasteiger partial charge in [0.15, 0.2) is 11.2 Å². The molecule has 2 aromatic rings. The summed E-state index contributed by atoms with van der Waals surface area (Å²) in [6, 6.07) is 0. The lowest BCUT2D eigenvalue weighted by molar-refractivity contribution is 0.331. The van der Waals surface area contributed by atoms with E-state index >= 15 is 0 Å². The SMILES string of the molecule is CN(C)Cn1cnc2c(=O)[nH]c(N)nc21. The first-order valence-corrected chi connectivity index (χ1v) is 4.43. The molecule has 0 atom stereocenters. The number of rotatable bonds is 2. The fourth-order valence-electron chi connectivity index (χ4n) is 1.38. The Hall–Kier alpha value is -1.89. The Labute approximate surface area is 85.5 Å². The highest BCUT2D eigenvalue weighted by Crippen LogP contribution is 2.06. The van der Waals surface area contributed by atoms with Crippen molar-refractivity contribution in [3.63, 3.8) is 0 Å². The van der Waals surface area contributed by atoms with Gasteiger partial charge in [-0.05, 0) is 14.1 Å².